The van der Waals surface area contributed by atoms with Gasteiger partial charge in [-0.25, -0.2) is 13.6 Å². The summed E-state index contributed by atoms with van der Waals surface area (Å²) < 4.78 is 35.6. The molecule has 1 aromatic heterocycles. The highest BCUT2D eigenvalue weighted by Crippen LogP contribution is 2.38. The van der Waals surface area contributed by atoms with E-state index in [-0.39, 0.29) is 24.2 Å². The van der Waals surface area contributed by atoms with E-state index in [1.807, 2.05) is 28.8 Å². The van der Waals surface area contributed by atoms with E-state index in [4.69, 9.17) is 4.74 Å². The molecule has 1 saturated heterocycles. The number of piperidine rings is 1. The minimum atomic E-state index is -0.395. The molecule has 1 fully saturated rings. The molecular weight excluding hydrogens is 436 g/mol. The van der Waals surface area contributed by atoms with Crippen LogP contribution in [0.2, 0.25) is 0 Å². The zero-order chi connectivity index (χ0) is 23.2. The van der Waals surface area contributed by atoms with Gasteiger partial charge < -0.3 is 15.0 Å². The van der Waals surface area contributed by atoms with Gasteiger partial charge in [0.15, 0.2) is 0 Å². The molecule has 3 aromatic carbocycles. The highest BCUT2D eigenvalue weighted by Gasteiger charge is 2.22. The summed E-state index contributed by atoms with van der Waals surface area (Å²) in [4.78, 5) is 15.8. The summed E-state index contributed by atoms with van der Waals surface area (Å²) in [5.41, 5.74) is 5.47. The summed E-state index contributed by atoms with van der Waals surface area (Å²) in [6.45, 7) is 1.94. The van der Waals surface area contributed by atoms with Gasteiger partial charge >= 0.3 is 5.69 Å². The molecule has 0 unspecified atom stereocenters. The molecule has 6 rings (SSSR count). The third kappa shape index (κ3) is 3.62. The van der Waals surface area contributed by atoms with Crippen molar-refractivity contribution in [1.29, 1.82) is 0 Å². The lowest BCUT2D eigenvalue weighted by Gasteiger charge is -2.23. The molecule has 0 amide bonds. The van der Waals surface area contributed by atoms with Crippen molar-refractivity contribution in [3.05, 3.63) is 99.0 Å². The van der Waals surface area contributed by atoms with Crippen LogP contribution < -0.4 is 15.7 Å². The minimum absolute atomic E-state index is 0.101. The van der Waals surface area contributed by atoms with Crippen molar-refractivity contribution in [2.75, 3.05) is 13.1 Å². The third-order valence-electron chi connectivity index (χ3n) is 6.70. The third-order valence-corrected chi connectivity index (χ3v) is 6.70. The Morgan fingerprint density at radius 1 is 0.941 bits per heavy atom. The van der Waals surface area contributed by atoms with Gasteiger partial charge in [-0.2, -0.15) is 0 Å². The lowest BCUT2D eigenvalue weighted by molar-refractivity contribution is 0.305. The summed E-state index contributed by atoms with van der Waals surface area (Å²) in [5.74, 6) is -0.333. The number of hydrogen-bond donors (Lipinski definition) is 2. The maximum atomic E-state index is 14.0. The van der Waals surface area contributed by atoms with Gasteiger partial charge in [0.25, 0.3) is 0 Å². The average molecular weight is 459 g/mol. The fourth-order valence-corrected chi connectivity index (χ4v) is 5.07. The van der Waals surface area contributed by atoms with Crippen LogP contribution in [0.3, 0.4) is 0 Å². The van der Waals surface area contributed by atoms with Crippen LogP contribution in [0.5, 0.6) is 5.75 Å². The van der Waals surface area contributed by atoms with Gasteiger partial charge in [-0.3, -0.25) is 4.57 Å². The minimum Gasteiger partial charge on any atom is -0.488 e. The van der Waals surface area contributed by atoms with Crippen molar-refractivity contribution in [1.82, 2.24) is 14.9 Å². The maximum absolute atomic E-state index is 14.0. The number of nitrogens with zero attached hydrogens (tertiary/aromatic N) is 1. The first kappa shape index (κ1) is 20.9. The SMILES string of the molecule is O=c1[nH]c2cc(/C=C3\c4ccc(F)cc4COc4cc(F)ccc43)ccc2n1C1CCNCC1. The van der Waals surface area contributed by atoms with E-state index < -0.39 is 5.82 Å². The highest BCUT2D eigenvalue weighted by atomic mass is 19.1. The fourth-order valence-electron chi connectivity index (χ4n) is 5.07. The smallest absolute Gasteiger partial charge is 0.326 e. The molecular formula is C27H23F2N3O2. The van der Waals surface area contributed by atoms with Gasteiger partial charge in [-0.05, 0) is 85.1 Å². The fraction of sp³-hybridized carbons (Fsp3) is 0.222. The molecule has 3 heterocycles. The number of imidazole rings is 1. The molecule has 0 radical (unpaired) electrons. The number of halogens is 2. The number of hydrogen-bond acceptors (Lipinski definition) is 3. The van der Waals surface area contributed by atoms with Crippen LogP contribution in [0.15, 0.2) is 59.4 Å². The molecule has 2 aliphatic heterocycles. The molecule has 4 aromatic rings. The maximum Gasteiger partial charge on any atom is 0.326 e. The number of aromatic nitrogens is 2. The second kappa shape index (κ2) is 8.25. The molecule has 0 bridgehead atoms. The molecule has 2 N–H and O–H groups in total. The second-order valence-electron chi connectivity index (χ2n) is 8.85. The van der Waals surface area contributed by atoms with E-state index in [1.165, 1.54) is 24.3 Å². The molecule has 0 saturated carbocycles. The number of fused-ring (bicyclic) bond motifs is 3. The number of ether oxygens (including phenoxy) is 1. The number of H-pyrrole nitrogens is 1. The quantitative estimate of drug-likeness (QED) is 0.443. The van der Waals surface area contributed by atoms with Crippen LogP contribution in [-0.2, 0) is 6.61 Å². The molecule has 5 nitrogen and oxygen atoms in total. The Bertz CT molecular complexity index is 1440. The van der Waals surface area contributed by atoms with Crippen molar-refractivity contribution >= 4 is 22.7 Å². The summed E-state index contributed by atoms with van der Waals surface area (Å²) in [6.07, 6.45) is 3.81. The Morgan fingerprint density at radius 2 is 1.71 bits per heavy atom. The number of aromatic amines is 1. The first-order valence-corrected chi connectivity index (χ1v) is 11.4. The van der Waals surface area contributed by atoms with Gasteiger partial charge in [-0.15, -0.1) is 0 Å². The van der Waals surface area contributed by atoms with E-state index in [0.29, 0.717) is 11.3 Å². The van der Waals surface area contributed by atoms with Gasteiger partial charge in [0, 0.05) is 23.2 Å². The van der Waals surface area contributed by atoms with Crippen LogP contribution >= 0.6 is 0 Å². The van der Waals surface area contributed by atoms with Crippen LogP contribution in [0.4, 0.5) is 8.78 Å². The Hall–Kier alpha value is -3.71. The Labute approximate surface area is 194 Å². The molecule has 2 aliphatic rings. The first-order valence-electron chi connectivity index (χ1n) is 11.4. The van der Waals surface area contributed by atoms with E-state index in [0.717, 1.165) is 59.2 Å². The zero-order valence-corrected chi connectivity index (χ0v) is 18.4. The Balaban J connectivity index is 1.49. The first-order chi connectivity index (χ1) is 16.6. The standard InChI is InChI=1S/C27H23F2N3O2/c28-18-2-4-21-17(13-18)15-34-26-14-19(29)3-5-22(26)23(21)11-16-1-6-25-24(12-16)31-27(33)32(25)20-7-9-30-10-8-20/h1-6,11-14,20,30H,7-10,15H2,(H,31,33)/b23-11+. The molecule has 0 atom stereocenters. The molecule has 0 spiro atoms. The van der Waals surface area contributed by atoms with Gasteiger partial charge in [-0.1, -0.05) is 12.1 Å². The van der Waals surface area contributed by atoms with Crippen molar-refractivity contribution < 1.29 is 13.5 Å². The van der Waals surface area contributed by atoms with Gasteiger partial charge in [0.2, 0.25) is 0 Å². The van der Waals surface area contributed by atoms with Crippen molar-refractivity contribution in [3.8, 4) is 5.75 Å². The van der Waals surface area contributed by atoms with Crippen LogP contribution in [0.1, 0.15) is 41.1 Å². The molecule has 172 valence electrons. The zero-order valence-electron chi connectivity index (χ0n) is 18.4. The summed E-state index contributed by atoms with van der Waals surface area (Å²) in [5, 5.41) is 3.34. The van der Waals surface area contributed by atoms with E-state index >= 15 is 0 Å². The molecule has 7 heteroatoms. The number of nitrogens with one attached hydrogen (secondary N) is 2. The van der Waals surface area contributed by atoms with Crippen molar-refractivity contribution in [2.45, 2.75) is 25.5 Å². The van der Waals surface area contributed by atoms with Crippen LogP contribution in [-0.4, -0.2) is 22.6 Å². The monoisotopic (exact) mass is 459 g/mol. The molecule has 0 aliphatic carbocycles. The summed E-state index contributed by atoms with van der Waals surface area (Å²) in [7, 11) is 0. The van der Waals surface area contributed by atoms with Gasteiger partial charge in [0.05, 0.1) is 11.0 Å². The Kier molecular flexibility index (Phi) is 5.07. The van der Waals surface area contributed by atoms with Crippen molar-refractivity contribution in [2.24, 2.45) is 0 Å². The second-order valence-corrected chi connectivity index (χ2v) is 8.85. The normalized spacial score (nSPS) is 17.3. The Morgan fingerprint density at radius 3 is 2.53 bits per heavy atom. The van der Waals surface area contributed by atoms with Crippen molar-refractivity contribution in [3.63, 3.8) is 0 Å². The van der Waals surface area contributed by atoms with E-state index in [2.05, 4.69) is 10.3 Å². The van der Waals surface area contributed by atoms with E-state index in [9.17, 15) is 13.6 Å². The predicted octanol–water partition coefficient (Wildman–Crippen LogP) is 5.01. The lowest BCUT2D eigenvalue weighted by atomic mass is 9.92. The largest absolute Gasteiger partial charge is 0.488 e. The topological polar surface area (TPSA) is 59.1 Å². The van der Waals surface area contributed by atoms with Crippen LogP contribution in [0, 0.1) is 11.6 Å². The summed E-state index contributed by atoms with van der Waals surface area (Å²) >= 11 is 0. The van der Waals surface area contributed by atoms with E-state index in [1.54, 1.807) is 12.1 Å². The predicted molar refractivity (Wildman–Crippen MR) is 128 cm³/mol. The number of benzene rings is 3. The van der Waals surface area contributed by atoms with Crippen LogP contribution in [0.25, 0.3) is 22.7 Å². The van der Waals surface area contributed by atoms with Gasteiger partial charge in [0.1, 0.15) is 24.0 Å². The highest BCUT2D eigenvalue weighted by molar-refractivity contribution is 5.95. The molecule has 34 heavy (non-hydrogen) atoms. The average Bonchev–Trinajstić information content (AvgIpc) is 3.09. The lowest BCUT2D eigenvalue weighted by Crippen LogP contribution is -2.33. The summed E-state index contributed by atoms with van der Waals surface area (Å²) in [6, 6.07) is 15.1. The number of rotatable bonds is 2.